The number of alkyl halides is 3. The predicted molar refractivity (Wildman–Crippen MR) is 66.0 cm³/mol. The third kappa shape index (κ3) is 4.07. The lowest BCUT2D eigenvalue weighted by molar-refractivity contribution is -0.137. The zero-order valence-corrected chi connectivity index (χ0v) is 11.1. The summed E-state index contributed by atoms with van der Waals surface area (Å²) < 4.78 is 42.9. The first kappa shape index (κ1) is 15.1. The van der Waals surface area contributed by atoms with E-state index in [1.165, 1.54) is 6.07 Å². The maximum absolute atomic E-state index is 12.6. The van der Waals surface area contributed by atoms with Crippen molar-refractivity contribution in [1.82, 2.24) is 0 Å². The van der Waals surface area contributed by atoms with E-state index in [1.54, 1.807) is 7.11 Å². The van der Waals surface area contributed by atoms with E-state index in [4.69, 9.17) is 16.3 Å². The molecule has 0 aromatic heterocycles. The van der Waals surface area contributed by atoms with Crippen LogP contribution in [0.1, 0.15) is 19.4 Å². The lowest BCUT2D eigenvalue weighted by Crippen LogP contribution is -2.29. The first-order valence-corrected chi connectivity index (χ1v) is 5.79. The van der Waals surface area contributed by atoms with E-state index >= 15 is 0 Å². The largest absolute Gasteiger partial charge is 0.416 e. The molecule has 0 bridgehead atoms. The highest BCUT2D eigenvalue weighted by Crippen LogP contribution is 2.33. The van der Waals surface area contributed by atoms with Crippen LogP contribution in [0.4, 0.5) is 18.9 Å². The Morgan fingerprint density at radius 3 is 2.33 bits per heavy atom. The fraction of sp³-hybridized carbons (Fsp3) is 0.500. The van der Waals surface area contributed by atoms with Crippen molar-refractivity contribution < 1.29 is 17.9 Å². The van der Waals surface area contributed by atoms with Gasteiger partial charge in [0.2, 0.25) is 0 Å². The van der Waals surface area contributed by atoms with Gasteiger partial charge < -0.3 is 10.1 Å². The maximum Gasteiger partial charge on any atom is 0.416 e. The SMILES string of the molecule is COC(C)C(C)Nc1cc(Cl)cc(C(F)(F)F)c1. The van der Waals surface area contributed by atoms with Crippen molar-refractivity contribution in [2.45, 2.75) is 32.2 Å². The smallest absolute Gasteiger partial charge is 0.380 e. The minimum atomic E-state index is -4.41. The Morgan fingerprint density at radius 2 is 1.83 bits per heavy atom. The zero-order valence-electron chi connectivity index (χ0n) is 10.3. The molecule has 1 N–H and O–H groups in total. The van der Waals surface area contributed by atoms with E-state index in [0.29, 0.717) is 5.69 Å². The number of hydrogen-bond acceptors (Lipinski definition) is 2. The van der Waals surface area contributed by atoms with Gasteiger partial charge in [0.05, 0.1) is 11.7 Å². The molecule has 0 aliphatic rings. The van der Waals surface area contributed by atoms with Crippen molar-refractivity contribution in [2.75, 3.05) is 12.4 Å². The van der Waals surface area contributed by atoms with Gasteiger partial charge in [-0.1, -0.05) is 11.6 Å². The molecule has 18 heavy (non-hydrogen) atoms. The summed E-state index contributed by atoms with van der Waals surface area (Å²) in [4.78, 5) is 0. The van der Waals surface area contributed by atoms with Crippen LogP contribution in [0, 0.1) is 0 Å². The van der Waals surface area contributed by atoms with Gasteiger partial charge in [-0.3, -0.25) is 0 Å². The van der Waals surface area contributed by atoms with Gasteiger partial charge >= 0.3 is 6.18 Å². The van der Waals surface area contributed by atoms with Crippen molar-refractivity contribution in [3.8, 4) is 0 Å². The van der Waals surface area contributed by atoms with Gasteiger partial charge in [-0.25, -0.2) is 0 Å². The van der Waals surface area contributed by atoms with Gasteiger partial charge in [-0.15, -0.1) is 0 Å². The van der Waals surface area contributed by atoms with Crippen molar-refractivity contribution in [3.05, 3.63) is 28.8 Å². The van der Waals surface area contributed by atoms with E-state index in [0.717, 1.165) is 12.1 Å². The van der Waals surface area contributed by atoms with Crippen molar-refractivity contribution in [1.29, 1.82) is 0 Å². The number of anilines is 1. The molecule has 2 unspecified atom stereocenters. The average molecular weight is 282 g/mol. The molecule has 0 amide bonds. The maximum atomic E-state index is 12.6. The Labute approximate surface area is 109 Å². The molecule has 0 radical (unpaired) electrons. The fourth-order valence-corrected chi connectivity index (χ4v) is 1.66. The summed E-state index contributed by atoms with van der Waals surface area (Å²) in [5.74, 6) is 0. The van der Waals surface area contributed by atoms with Crippen LogP contribution >= 0.6 is 11.6 Å². The summed E-state index contributed by atoms with van der Waals surface area (Å²) in [6.07, 6.45) is -4.53. The number of benzene rings is 1. The third-order valence-electron chi connectivity index (χ3n) is 2.70. The second kappa shape index (κ2) is 5.80. The number of nitrogens with one attached hydrogen (secondary N) is 1. The van der Waals surface area contributed by atoms with Crippen molar-refractivity contribution in [2.24, 2.45) is 0 Å². The summed E-state index contributed by atoms with van der Waals surface area (Å²) in [7, 11) is 1.54. The molecule has 0 spiro atoms. The Hall–Kier alpha value is -0.940. The van der Waals surface area contributed by atoms with Gasteiger partial charge in [-0.2, -0.15) is 13.2 Å². The number of ether oxygens (including phenoxy) is 1. The van der Waals surface area contributed by atoms with Crippen LogP contribution in [0.5, 0.6) is 0 Å². The molecule has 6 heteroatoms. The van der Waals surface area contributed by atoms with Gasteiger partial charge in [-0.05, 0) is 32.0 Å². The summed E-state index contributed by atoms with van der Waals surface area (Å²) in [5, 5.41) is 2.98. The van der Waals surface area contributed by atoms with E-state index < -0.39 is 11.7 Å². The predicted octanol–water partition coefficient (Wildman–Crippen LogP) is 4.19. The minimum Gasteiger partial charge on any atom is -0.380 e. The Balaban J connectivity index is 2.94. The van der Waals surface area contributed by atoms with E-state index in [-0.39, 0.29) is 17.2 Å². The second-order valence-corrected chi connectivity index (χ2v) is 4.54. The summed E-state index contributed by atoms with van der Waals surface area (Å²) >= 11 is 5.68. The standard InChI is InChI=1S/C12H15ClF3NO/c1-7(8(2)18-3)17-11-5-9(12(14,15)16)4-10(13)6-11/h4-8,17H,1-3H3. The molecule has 0 fully saturated rings. The van der Waals surface area contributed by atoms with Gasteiger partial charge in [0, 0.05) is 23.9 Å². The Morgan fingerprint density at radius 1 is 1.22 bits per heavy atom. The molecule has 1 aromatic rings. The molecule has 0 aliphatic heterocycles. The van der Waals surface area contributed by atoms with Gasteiger partial charge in [0.15, 0.2) is 0 Å². The van der Waals surface area contributed by atoms with Crippen LogP contribution in [0.3, 0.4) is 0 Å². The third-order valence-corrected chi connectivity index (χ3v) is 2.91. The average Bonchev–Trinajstić information content (AvgIpc) is 2.25. The summed E-state index contributed by atoms with van der Waals surface area (Å²) in [5.41, 5.74) is -0.444. The van der Waals surface area contributed by atoms with Gasteiger partial charge in [0.1, 0.15) is 0 Å². The molecule has 0 heterocycles. The number of halogens is 4. The zero-order chi connectivity index (χ0) is 13.9. The molecule has 0 saturated carbocycles. The highest BCUT2D eigenvalue weighted by Gasteiger charge is 2.31. The van der Waals surface area contributed by atoms with Crippen molar-refractivity contribution >= 4 is 17.3 Å². The molecule has 2 atom stereocenters. The van der Waals surface area contributed by atoms with Crippen LogP contribution < -0.4 is 5.32 Å². The lowest BCUT2D eigenvalue weighted by Gasteiger charge is -2.21. The molecule has 2 nitrogen and oxygen atoms in total. The molecule has 1 aromatic carbocycles. The van der Waals surface area contributed by atoms with Crippen LogP contribution in [0.2, 0.25) is 5.02 Å². The lowest BCUT2D eigenvalue weighted by atomic mass is 10.1. The molecule has 0 saturated heterocycles. The molecule has 0 aliphatic carbocycles. The minimum absolute atomic E-state index is 0.0459. The van der Waals surface area contributed by atoms with Crippen molar-refractivity contribution in [3.63, 3.8) is 0 Å². The van der Waals surface area contributed by atoms with E-state index in [2.05, 4.69) is 5.32 Å². The monoisotopic (exact) mass is 281 g/mol. The summed E-state index contributed by atoms with van der Waals surface area (Å²) in [6.45, 7) is 3.65. The topological polar surface area (TPSA) is 21.3 Å². The second-order valence-electron chi connectivity index (χ2n) is 4.10. The highest BCUT2D eigenvalue weighted by molar-refractivity contribution is 6.30. The summed E-state index contributed by atoms with van der Waals surface area (Å²) in [6, 6.07) is 3.26. The Kier molecular flexibility index (Phi) is 4.87. The number of methoxy groups -OCH3 is 1. The molecule has 1 rings (SSSR count). The first-order valence-electron chi connectivity index (χ1n) is 5.41. The molecular formula is C12H15ClF3NO. The van der Waals surface area contributed by atoms with E-state index in [9.17, 15) is 13.2 Å². The first-order chi connectivity index (χ1) is 8.24. The Bertz CT molecular complexity index is 409. The molecular weight excluding hydrogens is 267 g/mol. The van der Waals surface area contributed by atoms with Crippen LogP contribution in [0.25, 0.3) is 0 Å². The van der Waals surface area contributed by atoms with Crippen LogP contribution in [-0.2, 0) is 10.9 Å². The van der Waals surface area contributed by atoms with Crippen LogP contribution in [0.15, 0.2) is 18.2 Å². The fourth-order valence-electron chi connectivity index (χ4n) is 1.42. The number of hydrogen-bond donors (Lipinski definition) is 1. The molecule has 102 valence electrons. The van der Waals surface area contributed by atoms with Crippen LogP contribution in [-0.4, -0.2) is 19.3 Å². The number of rotatable bonds is 4. The quantitative estimate of drug-likeness (QED) is 0.893. The normalized spacial score (nSPS) is 15.3. The van der Waals surface area contributed by atoms with E-state index in [1.807, 2.05) is 13.8 Å². The highest BCUT2D eigenvalue weighted by atomic mass is 35.5. The van der Waals surface area contributed by atoms with Gasteiger partial charge in [0.25, 0.3) is 0 Å².